The summed E-state index contributed by atoms with van der Waals surface area (Å²) in [7, 11) is 3.94. The van der Waals surface area contributed by atoms with Crippen LogP contribution in [0, 0.1) is 13.8 Å². The molecular formula is C14H19N3. The van der Waals surface area contributed by atoms with E-state index in [1.165, 1.54) is 22.4 Å². The van der Waals surface area contributed by atoms with Crippen molar-refractivity contribution in [2.24, 2.45) is 7.05 Å². The van der Waals surface area contributed by atoms with Gasteiger partial charge in [0.05, 0.1) is 11.4 Å². The van der Waals surface area contributed by atoms with E-state index < -0.39 is 0 Å². The van der Waals surface area contributed by atoms with E-state index in [1.807, 2.05) is 18.8 Å². The van der Waals surface area contributed by atoms with Gasteiger partial charge in [-0.05, 0) is 38.6 Å². The molecule has 0 spiro atoms. The average molecular weight is 229 g/mol. The molecule has 0 saturated carbocycles. The van der Waals surface area contributed by atoms with Crippen LogP contribution in [0.15, 0.2) is 24.3 Å². The number of aryl methyl sites for hydroxylation is 3. The van der Waals surface area contributed by atoms with Crippen molar-refractivity contribution >= 4 is 0 Å². The Morgan fingerprint density at radius 3 is 2.71 bits per heavy atom. The molecule has 0 aliphatic carbocycles. The quantitative estimate of drug-likeness (QED) is 0.876. The molecule has 17 heavy (non-hydrogen) atoms. The van der Waals surface area contributed by atoms with Crippen LogP contribution < -0.4 is 5.32 Å². The van der Waals surface area contributed by atoms with Crippen molar-refractivity contribution in [1.29, 1.82) is 0 Å². The third-order valence-corrected chi connectivity index (χ3v) is 3.00. The summed E-state index contributed by atoms with van der Waals surface area (Å²) in [5.74, 6) is 0. The summed E-state index contributed by atoms with van der Waals surface area (Å²) in [5.41, 5.74) is 6.02. The lowest BCUT2D eigenvalue weighted by Gasteiger charge is -2.03. The molecule has 3 heteroatoms. The van der Waals surface area contributed by atoms with E-state index in [2.05, 4.69) is 48.5 Å². The Hall–Kier alpha value is -1.61. The molecule has 1 aromatic heterocycles. The van der Waals surface area contributed by atoms with E-state index in [4.69, 9.17) is 0 Å². The molecule has 1 heterocycles. The number of rotatable bonds is 3. The van der Waals surface area contributed by atoms with E-state index in [-0.39, 0.29) is 0 Å². The maximum atomic E-state index is 4.58. The highest BCUT2D eigenvalue weighted by Crippen LogP contribution is 2.23. The van der Waals surface area contributed by atoms with Crippen LogP contribution >= 0.6 is 0 Å². The summed E-state index contributed by atoms with van der Waals surface area (Å²) in [5, 5.41) is 7.73. The number of hydrogen-bond donors (Lipinski definition) is 1. The minimum absolute atomic E-state index is 0.842. The molecule has 3 nitrogen and oxygen atoms in total. The van der Waals surface area contributed by atoms with Gasteiger partial charge in [-0.2, -0.15) is 5.10 Å². The Bertz CT molecular complexity index is 526. The fraction of sp³-hybridized carbons (Fsp3) is 0.357. The van der Waals surface area contributed by atoms with Crippen LogP contribution in [0.1, 0.15) is 16.8 Å². The molecule has 0 saturated heterocycles. The first-order valence-electron chi connectivity index (χ1n) is 5.87. The Balaban J connectivity index is 2.45. The molecule has 0 atom stereocenters. The van der Waals surface area contributed by atoms with Crippen LogP contribution in [-0.4, -0.2) is 16.8 Å². The molecule has 0 aliphatic rings. The topological polar surface area (TPSA) is 29.9 Å². The van der Waals surface area contributed by atoms with Crippen LogP contribution in [0.2, 0.25) is 0 Å². The van der Waals surface area contributed by atoms with Crippen LogP contribution in [0.4, 0.5) is 0 Å². The van der Waals surface area contributed by atoms with E-state index in [0.29, 0.717) is 0 Å². The first-order chi connectivity index (χ1) is 8.11. The summed E-state index contributed by atoms with van der Waals surface area (Å²) >= 11 is 0. The van der Waals surface area contributed by atoms with Gasteiger partial charge < -0.3 is 5.32 Å². The summed E-state index contributed by atoms with van der Waals surface area (Å²) < 4.78 is 1.94. The van der Waals surface area contributed by atoms with Crippen molar-refractivity contribution in [3.05, 3.63) is 41.1 Å². The van der Waals surface area contributed by atoms with E-state index >= 15 is 0 Å². The van der Waals surface area contributed by atoms with Crippen molar-refractivity contribution in [2.75, 3.05) is 7.05 Å². The van der Waals surface area contributed by atoms with Gasteiger partial charge in [-0.15, -0.1) is 0 Å². The van der Waals surface area contributed by atoms with Crippen molar-refractivity contribution in [3.8, 4) is 11.3 Å². The van der Waals surface area contributed by atoms with Gasteiger partial charge in [-0.1, -0.05) is 17.7 Å². The summed E-state index contributed by atoms with van der Waals surface area (Å²) in [6.45, 7) is 5.08. The van der Waals surface area contributed by atoms with Crippen LogP contribution in [-0.2, 0) is 13.6 Å². The molecule has 0 radical (unpaired) electrons. The van der Waals surface area contributed by atoms with Gasteiger partial charge >= 0.3 is 0 Å². The lowest BCUT2D eigenvalue weighted by molar-refractivity contribution is 0.673. The standard InChI is InChI=1S/C14H19N3/c1-10-5-6-11(2)13(7-10)14-8-12(9-15-3)17(4)16-14/h5-8,15H,9H2,1-4H3. The van der Waals surface area contributed by atoms with Gasteiger partial charge in [0.15, 0.2) is 0 Å². The van der Waals surface area contributed by atoms with Crippen LogP contribution in [0.5, 0.6) is 0 Å². The Morgan fingerprint density at radius 2 is 2.00 bits per heavy atom. The minimum Gasteiger partial charge on any atom is -0.314 e. The van der Waals surface area contributed by atoms with Gasteiger partial charge in [0, 0.05) is 19.2 Å². The number of hydrogen-bond acceptors (Lipinski definition) is 2. The highest BCUT2D eigenvalue weighted by molar-refractivity contribution is 5.64. The molecule has 90 valence electrons. The molecule has 0 fully saturated rings. The molecule has 2 rings (SSSR count). The Morgan fingerprint density at radius 1 is 1.24 bits per heavy atom. The minimum atomic E-state index is 0.842. The van der Waals surface area contributed by atoms with Crippen molar-refractivity contribution in [2.45, 2.75) is 20.4 Å². The molecular weight excluding hydrogens is 210 g/mol. The van der Waals surface area contributed by atoms with E-state index in [0.717, 1.165) is 12.2 Å². The predicted molar refractivity (Wildman–Crippen MR) is 70.9 cm³/mol. The fourth-order valence-corrected chi connectivity index (χ4v) is 2.00. The van der Waals surface area contributed by atoms with Gasteiger partial charge in [-0.25, -0.2) is 0 Å². The average Bonchev–Trinajstić information content (AvgIpc) is 2.64. The SMILES string of the molecule is CNCc1cc(-c2cc(C)ccc2C)nn1C. The highest BCUT2D eigenvalue weighted by Gasteiger charge is 2.08. The van der Waals surface area contributed by atoms with Gasteiger partial charge in [0.1, 0.15) is 0 Å². The molecule has 2 aromatic rings. The molecule has 0 amide bonds. The van der Waals surface area contributed by atoms with Crippen molar-refractivity contribution in [1.82, 2.24) is 15.1 Å². The first kappa shape index (κ1) is 11.9. The van der Waals surface area contributed by atoms with Crippen LogP contribution in [0.25, 0.3) is 11.3 Å². The second-order valence-corrected chi connectivity index (χ2v) is 4.49. The second kappa shape index (κ2) is 4.72. The molecule has 0 bridgehead atoms. The van der Waals surface area contributed by atoms with Gasteiger partial charge in [-0.3, -0.25) is 4.68 Å². The Kier molecular flexibility index (Phi) is 3.29. The zero-order valence-electron chi connectivity index (χ0n) is 10.9. The molecule has 0 unspecified atom stereocenters. The largest absolute Gasteiger partial charge is 0.314 e. The number of nitrogens with zero attached hydrogens (tertiary/aromatic N) is 2. The number of benzene rings is 1. The normalized spacial score (nSPS) is 10.8. The van der Waals surface area contributed by atoms with Crippen LogP contribution in [0.3, 0.4) is 0 Å². The highest BCUT2D eigenvalue weighted by atomic mass is 15.3. The molecule has 0 aliphatic heterocycles. The van der Waals surface area contributed by atoms with E-state index in [9.17, 15) is 0 Å². The van der Waals surface area contributed by atoms with E-state index in [1.54, 1.807) is 0 Å². The number of aromatic nitrogens is 2. The maximum absolute atomic E-state index is 4.58. The monoisotopic (exact) mass is 229 g/mol. The van der Waals surface area contributed by atoms with Gasteiger partial charge in [0.2, 0.25) is 0 Å². The summed E-state index contributed by atoms with van der Waals surface area (Å²) in [6.07, 6.45) is 0. The zero-order chi connectivity index (χ0) is 12.4. The van der Waals surface area contributed by atoms with Crippen molar-refractivity contribution in [3.63, 3.8) is 0 Å². The lowest BCUT2D eigenvalue weighted by Crippen LogP contribution is -2.09. The van der Waals surface area contributed by atoms with Gasteiger partial charge in [0.25, 0.3) is 0 Å². The summed E-state index contributed by atoms with van der Waals surface area (Å²) in [4.78, 5) is 0. The summed E-state index contributed by atoms with van der Waals surface area (Å²) in [6, 6.07) is 8.63. The fourth-order valence-electron chi connectivity index (χ4n) is 2.00. The number of nitrogens with one attached hydrogen (secondary N) is 1. The third kappa shape index (κ3) is 2.39. The molecule has 1 aromatic carbocycles. The second-order valence-electron chi connectivity index (χ2n) is 4.49. The predicted octanol–water partition coefficient (Wildman–Crippen LogP) is 2.42. The lowest BCUT2D eigenvalue weighted by atomic mass is 10.0. The smallest absolute Gasteiger partial charge is 0.0929 e. The maximum Gasteiger partial charge on any atom is 0.0929 e. The zero-order valence-corrected chi connectivity index (χ0v) is 10.9. The third-order valence-electron chi connectivity index (χ3n) is 3.00. The first-order valence-corrected chi connectivity index (χ1v) is 5.87. The Labute approximate surface area is 102 Å². The molecule has 1 N–H and O–H groups in total. The van der Waals surface area contributed by atoms with Crippen molar-refractivity contribution < 1.29 is 0 Å².